The summed E-state index contributed by atoms with van der Waals surface area (Å²) in [6.07, 6.45) is 4.54. The van der Waals surface area contributed by atoms with Crippen LogP contribution in [-0.2, 0) is 12.8 Å². The molecule has 0 saturated heterocycles. The Hall–Kier alpha value is -2.34. The van der Waals surface area contributed by atoms with Gasteiger partial charge < -0.3 is 10.2 Å². The number of aryl methyl sites for hydroxylation is 1. The first-order valence-electron chi connectivity index (χ1n) is 7.50. The highest BCUT2D eigenvalue weighted by atomic mass is 32.1. The summed E-state index contributed by atoms with van der Waals surface area (Å²) in [6, 6.07) is 6.51. The number of aromatic hydroxyl groups is 2. The maximum atomic E-state index is 12.2. The van der Waals surface area contributed by atoms with Crippen molar-refractivity contribution in [2.24, 2.45) is 11.0 Å². The lowest BCUT2D eigenvalue weighted by atomic mass is 9.90. The SMILES string of the molecule is C[C@@H]1CCc2cc(C(=O)N/N=C\c3cccc(O)c3O)sc2C1. The van der Waals surface area contributed by atoms with E-state index in [4.69, 9.17) is 0 Å². The number of hydrogen-bond acceptors (Lipinski definition) is 5. The topological polar surface area (TPSA) is 81.9 Å². The Labute approximate surface area is 138 Å². The molecule has 5 nitrogen and oxygen atoms in total. The predicted octanol–water partition coefficient (Wildman–Crippen LogP) is 3.05. The van der Waals surface area contributed by atoms with Gasteiger partial charge >= 0.3 is 0 Å². The predicted molar refractivity (Wildman–Crippen MR) is 90.3 cm³/mol. The lowest BCUT2D eigenvalue weighted by Crippen LogP contribution is -2.16. The van der Waals surface area contributed by atoms with Gasteiger partial charge in [0.2, 0.25) is 0 Å². The van der Waals surface area contributed by atoms with Crippen LogP contribution in [0, 0.1) is 5.92 Å². The average Bonchev–Trinajstić information content (AvgIpc) is 2.94. The molecule has 6 heteroatoms. The zero-order valence-corrected chi connectivity index (χ0v) is 13.6. The van der Waals surface area contributed by atoms with Gasteiger partial charge in [0.1, 0.15) is 0 Å². The van der Waals surface area contributed by atoms with Crippen LogP contribution in [0.5, 0.6) is 11.5 Å². The number of carbonyl (C=O) groups is 1. The number of nitrogens with one attached hydrogen (secondary N) is 1. The number of amides is 1. The summed E-state index contributed by atoms with van der Waals surface area (Å²) in [4.78, 5) is 14.1. The summed E-state index contributed by atoms with van der Waals surface area (Å²) in [5.74, 6) is -0.0665. The van der Waals surface area contributed by atoms with E-state index in [2.05, 4.69) is 17.5 Å². The minimum absolute atomic E-state index is 0.222. The second kappa shape index (κ2) is 6.42. The maximum absolute atomic E-state index is 12.2. The molecule has 1 atom stereocenters. The number of carbonyl (C=O) groups excluding carboxylic acids is 1. The minimum Gasteiger partial charge on any atom is -0.504 e. The number of hydrazone groups is 1. The number of benzene rings is 1. The molecule has 3 N–H and O–H groups in total. The molecule has 0 unspecified atom stereocenters. The lowest BCUT2D eigenvalue weighted by Gasteiger charge is -2.16. The molecule has 0 radical (unpaired) electrons. The van der Waals surface area contributed by atoms with Gasteiger partial charge in [-0.1, -0.05) is 13.0 Å². The smallest absolute Gasteiger partial charge is 0.281 e. The Bertz CT molecular complexity index is 767. The second-order valence-corrected chi connectivity index (χ2v) is 6.96. The molecule has 0 saturated carbocycles. The van der Waals surface area contributed by atoms with Crippen LogP contribution in [0.3, 0.4) is 0 Å². The zero-order valence-electron chi connectivity index (χ0n) is 12.7. The van der Waals surface area contributed by atoms with Crippen molar-refractivity contribution in [2.45, 2.75) is 26.2 Å². The van der Waals surface area contributed by atoms with Crippen LogP contribution in [0.25, 0.3) is 0 Å². The van der Waals surface area contributed by atoms with E-state index in [1.807, 2.05) is 6.07 Å². The van der Waals surface area contributed by atoms with E-state index in [0.717, 1.165) is 12.8 Å². The van der Waals surface area contributed by atoms with Crippen molar-refractivity contribution in [1.82, 2.24) is 5.43 Å². The van der Waals surface area contributed by atoms with E-state index < -0.39 is 0 Å². The zero-order chi connectivity index (χ0) is 16.4. The number of thiophene rings is 1. The van der Waals surface area contributed by atoms with Crippen molar-refractivity contribution >= 4 is 23.5 Å². The molecule has 1 amide bonds. The van der Waals surface area contributed by atoms with Gasteiger partial charge in [-0.15, -0.1) is 11.3 Å². The van der Waals surface area contributed by atoms with E-state index >= 15 is 0 Å². The number of phenols is 2. The number of para-hydroxylation sites is 1. The van der Waals surface area contributed by atoms with Crippen molar-refractivity contribution in [3.63, 3.8) is 0 Å². The lowest BCUT2D eigenvalue weighted by molar-refractivity contribution is 0.0959. The molecule has 23 heavy (non-hydrogen) atoms. The normalized spacial score (nSPS) is 17.2. The fourth-order valence-corrected chi connectivity index (χ4v) is 3.92. The van der Waals surface area contributed by atoms with Crippen molar-refractivity contribution in [3.05, 3.63) is 45.1 Å². The van der Waals surface area contributed by atoms with Crippen LogP contribution < -0.4 is 5.43 Å². The van der Waals surface area contributed by atoms with Crippen LogP contribution in [0.2, 0.25) is 0 Å². The summed E-state index contributed by atoms with van der Waals surface area (Å²) < 4.78 is 0. The van der Waals surface area contributed by atoms with Crippen molar-refractivity contribution in [3.8, 4) is 11.5 Å². The molecular weight excluding hydrogens is 312 g/mol. The molecule has 1 aromatic carbocycles. The molecule has 1 aliphatic carbocycles. The number of hydrogen-bond donors (Lipinski definition) is 3. The highest BCUT2D eigenvalue weighted by Gasteiger charge is 2.20. The third-order valence-corrected chi connectivity index (χ3v) is 5.17. The van der Waals surface area contributed by atoms with Gasteiger partial charge in [0.05, 0.1) is 11.1 Å². The second-order valence-electron chi connectivity index (χ2n) is 5.82. The number of phenolic OH excluding ortho intramolecular Hbond substituents is 2. The van der Waals surface area contributed by atoms with Gasteiger partial charge in [-0.25, -0.2) is 5.43 Å². The molecule has 3 rings (SSSR count). The van der Waals surface area contributed by atoms with Crippen LogP contribution in [0.1, 0.15) is 39.0 Å². The number of nitrogens with zero attached hydrogens (tertiary/aromatic N) is 1. The standard InChI is InChI=1S/C17H18N2O3S/c1-10-5-6-11-8-15(23-14(11)7-10)17(22)19-18-9-12-3-2-4-13(20)16(12)21/h2-4,8-10,20-21H,5-7H2,1H3,(H,19,22)/b18-9-/t10-/m1/s1. The molecule has 0 fully saturated rings. The first-order valence-corrected chi connectivity index (χ1v) is 8.32. The summed E-state index contributed by atoms with van der Waals surface area (Å²) in [5.41, 5.74) is 4.07. The van der Waals surface area contributed by atoms with E-state index in [1.54, 1.807) is 12.1 Å². The summed E-state index contributed by atoms with van der Waals surface area (Å²) in [5, 5.41) is 22.9. The highest BCUT2D eigenvalue weighted by Crippen LogP contribution is 2.32. The first-order chi connectivity index (χ1) is 11.0. The third kappa shape index (κ3) is 3.37. The van der Waals surface area contributed by atoms with Gasteiger partial charge in [-0.05, 0) is 48.9 Å². The van der Waals surface area contributed by atoms with Crippen molar-refractivity contribution in [2.75, 3.05) is 0 Å². The van der Waals surface area contributed by atoms with Crippen molar-refractivity contribution in [1.29, 1.82) is 0 Å². The first kappa shape index (κ1) is 15.6. The van der Waals surface area contributed by atoms with Gasteiger partial charge in [-0.3, -0.25) is 4.79 Å². The minimum atomic E-state index is -0.258. The largest absolute Gasteiger partial charge is 0.504 e. The van der Waals surface area contributed by atoms with E-state index in [-0.39, 0.29) is 17.4 Å². The van der Waals surface area contributed by atoms with E-state index in [1.165, 1.54) is 40.5 Å². The van der Waals surface area contributed by atoms with Crippen molar-refractivity contribution < 1.29 is 15.0 Å². The monoisotopic (exact) mass is 330 g/mol. The van der Waals surface area contributed by atoms with Gasteiger partial charge in [0.25, 0.3) is 5.91 Å². The molecule has 2 aromatic rings. The van der Waals surface area contributed by atoms with Crippen LogP contribution in [0.15, 0.2) is 29.4 Å². The van der Waals surface area contributed by atoms with E-state index in [0.29, 0.717) is 16.4 Å². The van der Waals surface area contributed by atoms with Gasteiger partial charge in [0, 0.05) is 10.4 Å². The molecule has 1 aromatic heterocycles. The average molecular weight is 330 g/mol. The Kier molecular flexibility index (Phi) is 4.34. The third-order valence-electron chi connectivity index (χ3n) is 3.98. The molecule has 1 aliphatic rings. The Morgan fingerprint density at radius 2 is 2.26 bits per heavy atom. The number of fused-ring (bicyclic) bond motifs is 1. The Morgan fingerprint density at radius 3 is 3.09 bits per heavy atom. The summed E-state index contributed by atoms with van der Waals surface area (Å²) >= 11 is 1.52. The highest BCUT2D eigenvalue weighted by molar-refractivity contribution is 7.14. The molecule has 0 spiro atoms. The maximum Gasteiger partial charge on any atom is 0.281 e. The van der Waals surface area contributed by atoms with Crippen LogP contribution in [0.4, 0.5) is 0 Å². The molecular formula is C17H18N2O3S. The van der Waals surface area contributed by atoms with E-state index in [9.17, 15) is 15.0 Å². The summed E-state index contributed by atoms with van der Waals surface area (Å²) in [7, 11) is 0. The molecule has 0 aliphatic heterocycles. The van der Waals surface area contributed by atoms with Gasteiger partial charge in [0.15, 0.2) is 11.5 Å². The number of rotatable bonds is 3. The Balaban J connectivity index is 1.68. The fraction of sp³-hybridized carbons (Fsp3) is 0.294. The molecule has 120 valence electrons. The summed E-state index contributed by atoms with van der Waals surface area (Å²) in [6.45, 7) is 2.23. The van der Waals surface area contributed by atoms with Crippen LogP contribution >= 0.6 is 11.3 Å². The molecule has 1 heterocycles. The quantitative estimate of drug-likeness (QED) is 0.459. The fourth-order valence-electron chi connectivity index (χ4n) is 2.65. The Morgan fingerprint density at radius 1 is 1.43 bits per heavy atom. The van der Waals surface area contributed by atoms with Gasteiger partial charge in [-0.2, -0.15) is 5.10 Å². The molecule has 0 bridgehead atoms. The van der Waals surface area contributed by atoms with Crippen LogP contribution in [-0.4, -0.2) is 22.3 Å².